The van der Waals surface area contributed by atoms with Crippen molar-refractivity contribution in [2.75, 3.05) is 0 Å². The number of imidazole rings is 1. The second kappa shape index (κ2) is 3.65. The van der Waals surface area contributed by atoms with E-state index in [1.165, 1.54) is 6.33 Å². The normalized spacial score (nSPS) is 11.2. The molecule has 0 atom stereocenters. The largest absolute Gasteiger partial charge is 0.301 e. The molecule has 0 radical (unpaired) electrons. The zero-order valence-corrected chi connectivity index (χ0v) is 9.76. The van der Waals surface area contributed by atoms with Crippen LogP contribution >= 0.6 is 15.9 Å². The first-order valence-corrected chi connectivity index (χ1v) is 5.16. The van der Waals surface area contributed by atoms with Gasteiger partial charge >= 0.3 is 0 Å². The molecule has 15 heavy (non-hydrogen) atoms. The Hall–Kier alpha value is -1.37. The summed E-state index contributed by atoms with van der Waals surface area (Å²) < 4.78 is 2.49. The molecule has 2 aromatic rings. The fraction of sp³-hybridized carbons (Fsp3) is 0.375. The Morgan fingerprint density at radius 1 is 1.47 bits per heavy atom. The predicted molar refractivity (Wildman–Crippen MR) is 58.9 cm³/mol. The average molecular weight is 270 g/mol. The molecule has 0 aromatic carbocycles. The van der Waals surface area contributed by atoms with Crippen molar-refractivity contribution in [1.82, 2.24) is 19.5 Å². The molecule has 0 aliphatic carbocycles. The minimum atomic E-state index is 0.0695. The maximum atomic E-state index is 10.5. The third-order valence-corrected chi connectivity index (χ3v) is 2.58. The quantitative estimate of drug-likeness (QED) is 0.621. The van der Waals surface area contributed by atoms with Gasteiger partial charge in [0, 0.05) is 6.04 Å². The number of halogens is 1. The van der Waals surface area contributed by atoms with Crippen molar-refractivity contribution in [3.63, 3.8) is 0 Å². The first kappa shape index (κ1) is 10.2. The predicted octanol–water partition coefficient (Wildman–Crippen LogP) is 2.57. The number of fused-ring (bicyclic) bond motifs is 1. The molecule has 0 aliphatic heterocycles. The van der Waals surface area contributed by atoms with Crippen LogP contribution in [0.2, 0.25) is 0 Å². The summed E-state index contributed by atoms with van der Waals surface area (Å²) in [6, 6.07) is 0.193. The third-order valence-electron chi connectivity index (χ3n) is 2.02. The Morgan fingerprint density at radius 3 is 2.80 bits per heavy atom. The van der Waals surface area contributed by atoms with Gasteiger partial charge in [-0.2, -0.15) is 0 Å². The number of hydrogen-bond acceptors (Lipinski definition) is 5. The average Bonchev–Trinajstić information content (AvgIpc) is 2.53. The first-order chi connectivity index (χ1) is 7.15. The number of nitrogens with zero attached hydrogens (tertiary/aromatic N) is 5. The van der Waals surface area contributed by atoms with Crippen LogP contribution in [0.5, 0.6) is 0 Å². The molecule has 2 rings (SSSR count). The van der Waals surface area contributed by atoms with Gasteiger partial charge in [-0.25, -0.2) is 15.0 Å². The van der Waals surface area contributed by atoms with Crippen molar-refractivity contribution < 1.29 is 0 Å². The van der Waals surface area contributed by atoms with Gasteiger partial charge in [0.05, 0.1) is 0 Å². The molecule has 0 bridgehead atoms. The molecule has 6 nitrogen and oxygen atoms in total. The minimum Gasteiger partial charge on any atom is -0.301 e. The second-order valence-electron chi connectivity index (χ2n) is 3.31. The summed E-state index contributed by atoms with van der Waals surface area (Å²) in [4.78, 5) is 22.5. The summed E-state index contributed by atoms with van der Waals surface area (Å²) in [5.74, 6) is 0.0695. The zero-order chi connectivity index (χ0) is 11.0. The van der Waals surface area contributed by atoms with Crippen LogP contribution in [0.15, 0.2) is 16.2 Å². The molecule has 7 heteroatoms. The number of hydrogen-bond donors (Lipinski definition) is 0. The lowest BCUT2D eigenvalue weighted by Crippen LogP contribution is -2.01. The van der Waals surface area contributed by atoms with Gasteiger partial charge < -0.3 is 4.57 Å². The molecule has 78 valence electrons. The molecular weight excluding hydrogens is 262 g/mol. The van der Waals surface area contributed by atoms with Crippen molar-refractivity contribution in [3.8, 4) is 0 Å². The van der Waals surface area contributed by atoms with Crippen molar-refractivity contribution >= 4 is 32.9 Å². The van der Waals surface area contributed by atoms with Crippen molar-refractivity contribution in [1.29, 1.82) is 0 Å². The molecule has 0 saturated carbocycles. The van der Waals surface area contributed by atoms with Crippen molar-refractivity contribution in [2.24, 2.45) is 5.18 Å². The standard InChI is InChI=1S/C8H8BrN5O/c1-4(2)14-7-5(12-8(14)9)6(13-15)10-3-11-7/h3-4H,1-2H3. The second-order valence-corrected chi connectivity index (χ2v) is 4.01. The SMILES string of the molecule is CC(C)n1c(Br)nc2c(N=O)ncnc21. The molecular formula is C8H8BrN5O. The lowest BCUT2D eigenvalue weighted by atomic mass is 10.4. The Labute approximate surface area is 93.8 Å². The lowest BCUT2D eigenvalue weighted by Gasteiger charge is -2.07. The van der Waals surface area contributed by atoms with E-state index in [0.717, 1.165) is 0 Å². The molecule has 2 aromatic heterocycles. The van der Waals surface area contributed by atoms with E-state index in [1.807, 2.05) is 18.4 Å². The van der Waals surface area contributed by atoms with Gasteiger partial charge in [0.2, 0.25) is 5.82 Å². The highest BCUT2D eigenvalue weighted by Crippen LogP contribution is 2.27. The highest BCUT2D eigenvalue weighted by atomic mass is 79.9. The molecule has 0 aliphatic rings. The van der Waals surface area contributed by atoms with E-state index in [0.29, 0.717) is 15.9 Å². The molecule has 0 N–H and O–H groups in total. The molecule has 0 spiro atoms. The van der Waals surface area contributed by atoms with Crippen LogP contribution in [0.4, 0.5) is 5.82 Å². The van der Waals surface area contributed by atoms with Crippen LogP contribution in [-0.2, 0) is 0 Å². The Kier molecular flexibility index (Phi) is 2.47. The van der Waals surface area contributed by atoms with E-state index in [-0.39, 0.29) is 11.9 Å². The van der Waals surface area contributed by atoms with Gasteiger partial charge in [-0.15, -0.1) is 4.91 Å². The minimum absolute atomic E-state index is 0.0695. The van der Waals surface area contributed by atoms with Gasteiger partial charge in [-0.1, -0.05) is 0 Å². The van der Waals surface area contributed by atoms with E-state index in [2.05, 4.69) is 36.1 Å². The van der Waals surface area contributed by atoms with E-state index in [1.54, 1.807) is 0 Å². The third kappa shape index (κ3) is 1.52. The van der Waals surface area contributed by atoms with Crippen LogP contribution in [0, 0.1) is 4.91 Å². The number of nitroso groups, excluding NO2 is 1. The van der Waals surface area contributed by atoms with Gasteiger partial charge in [0.1, 0.15) is 6.33 Å². The summed E-state index contributed by atoms with van der Waals surface area (Å²) in [7, 11) is 0. The summed E-state index contributed by atoms with van der Waals surface area (Å²) >= 11 is 3.31. The number of aromatic nitrogens is 4. The Balaban J connectivity index is 2.84. The fourth-order valence-electron chi connectivity index (χ4n) is 1.39. The Bertz CT molecular complexity index is 521. The van der Waals surface area contributed by atoms with Crippen LogP contribution in [0.3, 0.4) is 0 Å². The molecule has 2 heterocycles. The highest BCUT2D eigenvalue weighted by Gasteiger charge is 2.16. The van der Waals surface area contributed by atoms with E-state index in [4.69, 9.17) is 0 Å². The molecule has 0 amide bonds. The van der Waals surface area contributed by atoms with Crippen LogP contribution in [-0.4, -0.2) is 19.5 Å². The molecule has 0 fully saturated rings. The Morgan fingerprint density at radius 2 is 2.20 bits per heavy atom. The van der Waals surface area contributed by atoms with E-state index >= 15 is 0 Å². The van der Waals surface area contributed by atoms with Gasteiger partial charge in [-0.3, -0.25) is 0 Å². The van der Waals surface area contributed by atoms with Crippen molar-refractivity contribution in [3.05, 3.63) is 16.0 Å². The van der Waals surface area contributed by atoms with Crippen LogP contribution in [0.1, 0.15) is 19.9 Å². The topological polar surface area (TPSA) is 73.0 Å². The van der Waals surface area contributed by atoms with Crippen LogP contribution in [0.25, 0.3) is 11.2 Å². The zero-order valence-electron chi connectivity index (χ0n) is 8.18. The van der Waals surface area contributed by atoms with Crippen molar-refractivity contribution in [2.45, 2.75) is 19.9 Å². The molecule has 0 saturated heterocycles. The summed E-state index contributed by atoms with van der Waals surface area (Å²) in [6.45, 7) is 4.00. The number of rotatable bonds is 2. The smallest absolute Gasteiger partial charge is 0.227 e. The van der Waals surface area contributed by atoms with Gasteiger partial charge in [-0.05, 0) is 35.0 Å². The summed E-state index contributed by atoms with van der Waals surface area (Å²) in [6.07, 6.45) is 1.31. The summed E-state index contributed by atoms with van der Waals surface area (Å²) in [5, 5.41) is 2.81. The van der Waals surface area contributed by atoms with Gasteiger partial charge in [0.15, 0.2) is 15.9 Å². The maximum absolute atomic E-state index is 10.5. The first-order valence-electron chi connectivity index (χ1n) is 4.37. The fourth-order valence-corrected chi connectivity index (χ4v) is 2.15. The summed E-state index contributed by atoms with van der Waals surface area (Å²) in [5.41, 5.74) is 1.04. The van der Waals surface area contributed by atoms with E-state index in [9.17, 15) is 4.91 Å². The monoisotopic (exact) mass is 269 g/mol. The highest BCUT2D eigenvalue weighted by molar-refractivity contribution is 9.10. The lowest BCUT2D eigenvalue weighted by molar-refractivity contribution is 0.600. The van der Waals surface area contributed by atoms with Gasteiger partial charge in [0.25, 0.3) is 0 Å². The van der Waals surface area contributed by atoms with Crippen LogP contribution < -0.4 is 0 Å². The molecule has 0 unspecified atom stereocenters. The van der Waals surface area contributed by atoms with E-state index < -0.39 is 0 Å². The maximum Gasteiger partial charge on any atom is 0.227 e.